The molecule has 3 nitrogen and oxygen atoms in total. The normalized spacial score (nSPS) is 11.2. The van der Waals surface area contributed by atoms with E-state index in [1.807, 2.05) is 0 Å². The Morgan fingerprint density at radius 3 is 2.23 bits per heavy atom. The summed E-state index contributed by atoms with van der Waals surface area (Å²) < 4.78 is 40.1. The highest BCUT2D eigenvalue weighted by molar-refractivity contribution is 7.14. The second-order valence-electron chi connectivity index (χ2n) is 5.41. The van der Waals surface area contributed by atoms with Crippen LogP contribution >= 0.6 is 11.3 Å². The van der Waals surface area contributed by atoms with Crippen LogP contribution in [0.15, 0.2) is 60.7 Å². The van der Waals surface area contributed by atoms with Crippen molar-refractivity contribution in [2.24, 2.45) is 0 Å². The lowest BCUT2D eigenvalue weighted by molar-refractivity contribution is -0.133. The molecule has 0 unspecified atom stereocenters. The summed E-state index contributed by atoms with van der Waals surface area (Å²) in [4.78, 5) is 22.1. The highest BCUT2D eigenvalue weighted by atomic mass is 32.1. The summed E-state index contributed by atoms with van der Waals surface area (Å²) in [6, 6.07) is 15.4. The van der Waals surface area contributed by atoms with Gasteiger partial charge in [0, 0.05) is 16.8 Å². The highest BCUT2D eigenvalue weighted by Gasteiger charge is 2.37. The van der Waals surface area contributed by atoms with Gasteiger partial charge in [-0.2, -0.15) is 13.2 Å². The van der Waals surface area contributed by atoms with Crippen LogP contribution in [0.3, 0.4) is 0 Å². The zero-order valence-corrected chi connectivity index (χ0v) is 14.0. The Hall–Kier alpha value is -2.93. The predicted octanol–water partition coefficient (Wildman–Crippen LogP) is 5.50. The van der Waals surface area contributed by atoms with E-state index in [1.54, 1.807) is 30.3 Å². The molecule has 0 saturated heterocycles. The zero-order valence-electron chi connectivity index (χ0n) is 13.2. The van der Waals surface area contributed by atoms with Crippen molar-refractivity contribution in [2.45, 2.75) is 6.18 Å². The van der Waals surface area contributed by atoms with Gasteiger partial charge in [-0.3, -0.25) is 9.59 Å². The summed E-state index contributed by atoms with van der Waals surface area (Å²) in [6.07, 6.45) is -3.90. The molecule has 1 N–H and O–H groups in total. The second-order valence-corrected chi connectivity index (χ2v) is 6.46. The topological polar surface area (TPSA) is 46.2 Å². The average molecular weight is 375 g/mol. The summed E-state index contributed by atoms with van der Waals surface area (Å²) >= 11 is 0.403. The number of aldehydes is 1. The first-order valence-corrected chi connectivity index (χ1v) is 8.33. The monoisotopic (exact) mass is 375 g/mol. The first kappa shape index (κ1) is 17.9. The standard InChI is InChI=1S/C19H12F3NO2S/c20-19(21,22)17-15(13-4-2-1-3-5-13)10-16(26-17)18(25)23-14-8-6-12(11-24)7-9-14/h1-11H,(H,23,25). The Kier molecular flexibility index (Phi) is 4.90. The van der Waals surface area contributed by atoms with Crippen molar-refractivity contribution >= 4 is 29.2 Å². The number of carbonyl (C=O) groups excluding carboxylic acids is 2. The van der Waals surface area contributed by atoms with Gasteiger partial charge in [0.2, 0.25) is 0 Å². The van der Waals surface area contributed by atoms with E-state index in [0.29, 0.717) is 34.4 Å². The maximum atomic E-state index is 13.4. The molecule has 2 aromatic carbocycles. The molecule has 26 heavy (non-hydrogen) atoms. The third-order valence-corrected chi connectivity index (χ3v) is 4.78. The molecule has 1 aromatic heterocycles. The number of hydrogen-bond donors (Lipinski definition) is 1. The minimum Gasteiger partial charge on any atom is -0.321 e. The lowest BCUT2D eigenvalue weighted by Crippen LogP contribution is -2.10. The number of nitrogens with one attached hydrogen (secondary N) is 1. The van der Waals surface area contributed by atoms with Crippen molar-refractivity contribution in [1.29, 1.82) is 0 Å². The maximum absolute atomic E-state index is 13.4. The summed E-state index contributed by atoms with van der Waals surface area (Å²) in [5.74, 6) is -0.637. The van der Waals surface area contributed by atoms with Crippen LogP contribution in [0.25, 0.3) is 11.1 Å². The SMILES string of the molecule is O=Cc1ccc(NC(=O)c2cc(-c3ccccc3)c(C(F)(F)F)s2)cc1. The molecular formula is C19H12F3NO2S. The molecule has 0 spiro atoms. The molecule has 0 aliphatic heterocycles. The summed E-state index contributed by atoms with van der Waals surface area (Å²) in [6.45, 7) is 0. The minimum atomic E-state index is -4.56. The van der Waals surface area contributed by atoms with E-state index >= 15 is 0 Å². The summed E-state index contributed by atoms with van der Waals surface area (Å²) in [5.41, 5.74) is 1.20. The predicted molar refractivity (Wildman–Crippen MR) is 94.5 cm³/mol. The number of alkyl halides is 3. The number of halogens is 3. The number of benzene rings is 2. The molecule has 0 aliphatic carbocycles. The smallest absolute Gasteiger partial charge is 0.321 e. The van der Waals surface area contributed by atoms with E-state index < -0.39 is 17.0 Å². The van der Waals surface area contributed by atoms with Crippen molar-refractivity contribution in [1.82, 2.24) is 0 Å². The van der Waals surface area contributed by atoms with Crippen molar-refractivity contribution in [3.63, 3.8) is 0 Å². The maximum Gasteiger partial charge on any atom is 0.426 e. The van der Waals surface area contributed by atoms with E-state index in [1.165, 1.54) is 30.3 Å². The molecule has 0 saturated carbocycles. The molecule has 3 rings (SSSR count). The Labute approximate surface area is 151 Å². The van der Waals surface area contributed by atoms with Gasteiger partial charge in [-0.1, -0.05) is 30.3 Å². The third kappa shape index (κ3) is 3.83. The van der Waals surface area contributed by atoms with Gasteiger partial charge in [-0.05, 0) is 35.9 Å². The quantitative estimate of drug-likeness (QED) is 0.612. The number of rotatable bonds is 4. The van der Waals surface area contributed by atoms with E-state index in [9.17, 15) is 22.8 Å². The van der Waals surface area contributed by atoms with Crippen molar-refractivity contribution < 1.29 is 22.8 Å². The van der Waals surface area contributed by atoms with Gasteiger partial charge in [0.25, 0.3) is 5.91 Å². The molecule has 0 radical (unpaired) electrons. The molecule has 0 aliphatic rings. The fraction of sp³-hybridized carbons (Fsp3) is 0.0526. The Morgan fingerprint density at radius 2 is 1.65 bits per heavy atom. The second kappa shape index (κ2) is 7.13. The van der Waals surface area contributed by atoms with Crippen molar-refractivity contribution in [3.8, 4) is 11.1 Å². The van der Waals surface area contributed by atoms with Crippen molar-refractivity contribution in [2.75, 3.05) is 5.32 Å². The Morgan fingerprint density at radius 1 is 1.00 bits per heavy atom. The molecule has 0 atom stereocenters. The van der Waals surface area contributed by atoms with Crippen LogP contribution < -0.4 is 5.32 Å². The van der Waals surface area contributed by atoms with E-state index in [-0.39, 0.29) is 10.4 Å². The molecule has 7 heteroatoms. The van der Waals surface area contributed by atoms with E-state index in [2.05, 4.69) is 5.32 Å². The van der Waals surface area contributed by atoms with Gasteiger partial charge < -0.3 is 5.32 Å². The number of hydrogen-bond acceptors (Lipinski definition) is 3. The first-order valence-electron chi connectivity index (χ1n) is 7.51. The van der Waals surface area contributed by atoms with Gasteiger partial charge in [0.1, 0.15) is 11.2 Å². The largest absolute Gasteiger partial charge is 0.426 e. The molecule has 1 amide bonds. The Bertz CT molecular complexity index is 932. The number of amides is 1. The minimum absolute atomic E-state index is 0.0236. The van der Waals surface area contributed by atoms with Gasteiger partial charge in [0.15, 0.2) is 0 Å². The lowest BCUT2D eigenvalue weighted by atomic mass is 10.1. The van der Waals surface area contributed by atoms with Crippen LogP contribution in [0.2, 0.25) is 0 Å². The molecular weight excluding hydrogens is 363 g/mol. The summed E-state index contributed by atoms with van der Waals surface area (Å²) in [7, 11) is 0. The van der Waals surface area contributed by atoms with Gasteiger partial charge in [-0.15, -0.1) is 11.3 Å². The Balaban J connectivity index is 1.93. The fourth-order valence-corrected chi connectivity index (χ4v) is 3.33. The molecule has 1 heterocycles. The molecule has 0 fully saturated rings. The van der Waals surface area contributed by atoms with Crippen LogP contribution in [0, 0.1) is 0 Å². The van der Waals surface area contributed by atoms with Crippen LogP contribution in [0.1, 0.15) is 24.9 Å². The van der Waals surface area contributed by atoms with Crippen LogP contribution in [-0.4, -0.2) is 12.2 Å². The van der Waals surface area contributed by atoms with Crippen LogP contribution in [0.5, 0.6) is 0 Å². The number of anilines is 1. The number of thiophene rings is 1. The van der Waals surface area contributed by atoms with Gasteiger partial charge in [0.05, 0.1) is 4.88 Å². The van der Waals surface area contributed by atoms with Crippen LogP contribution in [0.4, 0.5) is 18.9 Å². The van der Waals surface area contributed by atoms with E-state index in [0.717, 1.165) is 0 Å². The molecule has 132 valence electrons. The van der Waals surface area contributed by atoms with Crippen LogP contribution in [-0.2, 0) is 6.18 Å². The van der Waals surface area contributed by atoms with Gasteiger partial charge >= 0.3 is 6.18 Å². The van der Waals surface area contributed by atoms with E-state index in [4.69, 9.17) is 0 Å². The highest BCUT2D eigenvalue weighted by Crippen LogP contribution is 2.42. The molecule has 0 bridgehead atoms. The number of carbonyl (C=O) groups is 2. The third-order valence-electron chi connectivity index (χ3n) is 3.60. The zero-order chi connectivity index (χ0) is 18.7. The van der Waals surface area contributed by atoms with Gasteiger partial charge in [-0.25, -0.2) is 0 Å². The average Bonchev–Trinajstić information content (AvgIpc) is 3.09. The lowest BCUT2D eigenvalue weighted by Gasteiger charge is -2.07. The fourth-order valence-electron chi connectivity index (χ4n) is 2.38. The molecule has 3 aromatic rings. The van der Waals surface area contributed by atoms with Crippen molar-refractivity contribution in [3.05, 3.63) is 76.0 Å². The summed E-state index contributed by atoms with van der Waals surface area (Å²) in [5, 5.41) is 2.54. The first-order chi connectivity index (χ1) is 12.4.